The molecule has 0 atom stereocenters. The highest BCUT2D eigenvalue weighted by atomic mass is 79.9. The molecule has 0 aliphatic rings. The summed E-state index contributed by atoms with van der Waals surface area (Å²) >= 11 is 3.26. The number of halogens is 1. The number of rotatable bonds is 4. The molecule has 0 unspecified atom stereocenters. The fourth-order valence-electron chi connectivity index (χ4n) is 1.12. The third-order valence-electron chi connectivity index (χ3n) is 1.91. The predicted octanol–water partition coefficient (Wildman–Crippen LogP) is 0.886. The summed E-state index contributed by atoms with van der Waals surface area (Å²) in [4.78, 5) is 22.7. The van der Waals surface area contributed by atoms with Crippen molar-refractivity contribution >= 4 is 33.4 Å². The molecule has 0 bridgehead atoms. The second kappa shape index (κ2) is 7.03. The molecule has 0 saturated carbocycles. The van der Waals surface area contributed by atoms with E-state index in [2.05, 4.69) is 26.6 Å². The largest absolute Gasteiger partial charge is 0.396 e. The van der Waals surface area contributed by atoms with Crippen molar-refractivity contribution in [3.8, 4) is 0 Å². The van der Waals surface area contributed by atoms with Crippen LogP contribution in [-0.4, -0.2) is 30.1 Å². The Kier molecular flexibility index (Phi) is 5.65. The number of amides is 2. The van der Waals surface area contributed by atoms with Gasteiger partial charge in [0.2, 0.25) is 0 Å². The molecule has 0 aromatic heterocycles. The Labute approximate surface area is 107 Å². The van der Waals surface area contributed by atoms with Crippen molar-refractivity contribution in [2.24, 2.45) is 0 Å². The molecule has 6 heteroatoms. The minimum Gasteiger partial charge on any atom is -0.396 e. The van der Waals surface area contributed by atoms with Crippen LogP contribution in [0.1, 0.15) is 6.42 Å². The van der Waals surface area contributed by atoms with Crippen LogP contribution in [0, 0.1) is 0 Å². The van der Waals surface area contributed by atoms with E-state index >= 15 is 0 Å². The number of benzene rings is 1. The minimum atomic E-state index is -0.721. The average Bonchev–Trinajstić information content (AvgIpc) is 2.29. The minimum absolute atomic E-state index is 0.0203. The van der Waals surface area contributed by atoms with Crippen molar-refractivity contribution in [3.05, 3.63) is 28.7 Å². The number of aliphatic hydroxyl groups is 1. The maximum absolute atomic E-state index is 11.4. The quantitative estimate of drug-likeness (QED) is 0.571. The van der Waals surface area contributed by atoms with E-state index in [1.54, 1.807) is 18.2 Å². The van der Waals surface area contributed by atoms with Gasteiger partial charge in [-0.05, 0) is 24.6 Å². The van der Waals surface area contributed by atoms with Crippen LogP contribution in [0.4, 0.5) is 5.69 Å². The number of nitrogens with one attached hydrogen (secondary N) is 2. The van der Waals surface area contributed by atoms with Gasteiger partial charge in [0.1, 0.15) is 0 Å². The van der Waals surface area contributed by atoms with Gasteiger partial charge in [-0.2, -0.15) is 0 Å². The van der Waals surface area contributed by atoms with Gasteiger partial charge < -0.3 is 15.7 Å². The topological polar surface area (TPSA) is 78.4 Å². The van der Waals surface area contributed by atoms with Gasteiger partial charge in [-0.3, -0.25) is 9.59 Å². The molecule has 0 aliphatic carbocycles. The van der Waals surface area contributed by atoms with Gasteiger partial charge in [-0.25, -0.2) is 0 Å². The molecule has 0 radical (unpaired) electrons. The second-order valence-corrected chi connectivity index (χ2v) is 4.21. The molecular weight excluding hydrogens is 288 g/mol. The van der Waals surface area contributed by atoms with Crippen molar-refractivity contribution < 1.29 is 14.7 Å². The maximum atomic E-state index is 11.4. The molecule has 0 fully saturated rings. The van der Waals surface area contributed by atoms with Gasteiger partial charge in [-0.15, -0.1) is 0 Å². The van der Waals surface area contributed by atoms with Gasteiger partial charge in [0, 0.05) is 23.3 Å². The number of carbonyl (C=O) groups excluding carboxylic acids is 2. The zero-order valence-electron chi connectivity index (χ0n) is 9.07. The van der Waals surface area contributed by atoms with E-state index < -0.39 is 11.8 Å². The lowest BCUT2D eigenvalue weighted by Gasteiger charge is -2.06. The third kappa shape index (κ3) is 4.97. The van der Waals surface area contributed by atoms with Crippen LogP contribution in [0.25, 0.3) is 0 Å². The Morgan fingerprint density at radius 3 is 2.71 bits per heavy atom. The molecular formula is C11H13BrN2O3. The SMILES string of the molecule is O=C(NCCCO)C(=O)Nc1cccc(Br)c1. The highest BCUT2D eigenvalue weighted by Crippen LogP contribution is 2.15. The normalized spacial score (nSPS) is 9.76. The molecule has 0 spiro atoms. The summed E-state index contributed by atoms with van der Waals surface area (Å²) in [6.45, 7) is 0.259. The van der Waals surface area contributed by atoms with Crippen LogP contribution in [0.2, 0.25) is 0 Å². The zero-order valence-corrected chi connectivity index (χ0v) is 10.7. The first kappa shape index (κ1) is 13.7. The molecule has 1 rings (SSSR count). The number of hydrogen-bond acceptors (Lipinski definition) is 3. The predicted molar refractivity (Wildman–Crippen MR) is 67.5 cm³/mol. The summed E-state index contributed by atoms with van der Waals surface area (Å²) in [5.74, 6) is -1.43. The zero-order chi connectivity index (χ0) is 12.7. The Hall–Kier alpha value is -1.40. The molecule has 0 aliphatic heterocycles. The molecule has 1 aromatic carbocycles. The summed E-state index contributed by atoms with van der Waals surface area (Å²) < 4.78 is 0.816. The Bertz CT molecular complexity index is 409. The van der Waals surface area contributed by atoms with Crippen LogP contribution < -0.4 is 10.6 Å². The van der Waals surface area contributed by atoms with E-state index in [0.717, 1.165) is 4.47 Å². The fraction of sp³-hybridized carbons (Fsp3) is 0.273. The van der Waals surface area contributed by atoms with E-state index in [-0.39, 0.29) is 13.2 Å². The number of hydrogen-bond donors (Lipinski definition) is 3. The lowest BCUT2D eigenvalue weighted by Crippen LogP contribution is -2.36. The van der Waals surface area contributed by atoms with Gasteiger partial charge >= 0.3 is 11.8 Å². The maximum Gasteiger partial charge on any atom is 0.313 e. The van der Waals surface area contributed by atoms with Crippen LogP contribution in [-0.2, 0) is 9.59 Å². The standard InChI is InChI=1S/C11H13BrN2O3/c12-8-3-1-4-9(7-8)14-11(17)10(16)13-5-2-6-15/h1,3-4,7,15H,2,5-6H2,(H,13,16)(H,14,17). The Balaban J connectivity index is 2.46. The lowest BCUT2D eigenvalue weighted by molar-refractivity contribution is -0.136. The Morgan fingerprint density at radius 1 is 1.29 bits per heavy atom. The van der Waals surface area contributed by atoms with Crippen LogP contribution >= 0.6 is 15.9 Å². The van der Waals surface area contributed by atoms with Crippen molar-refractivity contribution in [1.82, 2.24) is 5.32 Å². The van der Waals surface area contributed by atoms with E-state index in [1.807, 2.05) is 6.07 Å². The third-order valence-corrected chi connectivity index (χ3v) is 2.40. The van der Waals surface area contributed by atoms with Gasteiger partial charge in [0.25, 0.3) is 0 Å². The molecule has 3 N–H and O–H groups in total. The van der Waals surface area contributed by atoms with Crippen LogP contribution in [0.5, 0.6) is 0 Å². The van der Waals surface area contributed by atoms with Crippen molar-refractivity contribution in [3.63, 3.8) is 0 Å². The van der Waals surface area contributed by atoms with E-state index in [1.165, 1.54) is 0 Å². The second-order valence-electron chi connectivity index (χ2n) is 3.30. The number of aliphatic hydroxyl groups excluding tert-OH is 1. The molecule has 2 amide bonds. The molecule has 92 valence electrons. The molecule has 1 aromatic rings. The summed E-state index contributed by atoms with van der Waals surface area (Å²) in [6, 6.07) is 6.95. The average molecular weight is 301 g/mol. The van der Waals surface area contributed by atoms with E-state index in [9.17, 15) is 9.59 Å². The molecule has 0 heterocycles. The fourth-order valence-corrected chi connectivity index (χ4v) is 1.51. The van der Waals surface area contributed by atoms with Crippen LogP contribution in [0.15, 0.2) is 28.7 Å². The van der Waals surface area contributed by atoms with Gasteiger partial charge in [0.15, 0.2) is 0 Å². The highest BCUT2D eigenvalue weighted by Gasteiger charge is 2.12. The van der Waals surface area contributed by atoms with E-state index in [0.29, 0.717) is 12.1 Å². The summed E-state index contributed by atoms with van der Waals surface area (Å²) in [5, 5.41) is 13.4. The highest BCUT2D eigenvalue weighted by molar-refractivity contribution is 9.10. The number of anilines is 1. The monoisotopic (exact) mass is 300 g/mol. The van der Waals surface area contributed by atoms with Crippen molar-refractivity contribution in [2.45, 2.75) is 6.42 Å². The lowest BCUT2D eigenvalue weighted by atomic mass is 10.3. The summed E-state index contributed by atoms with van der Waals surface area (Å²) in [7, 11) is 0. The Morgan fingerprint density at radius 2 is 2.06 bits per heavy atom. The van der Waals surface area contributed by atoms with Gasteiger partial charge in [0.05, 0.1) is 0 Å². The molecule has 0 saturated heterocycles. The van der Waals surface area contributed by atoms with Crippen LogP contribution in [0.3, 0.4) is 0 Å². The smallest absolute Gasteiger partial charge is 0.313 e. The molecule has 5 nitrogen and oxygen atoms in total. The number of carbonyl (C=O) groups is 2. The van der Waals surface area contributed by atoms with Crippen molar-refractivity contribution in [2.75, 3.05) is 18.5 Å². The summed E-state index contributed by atoms with van der Waals surface area (Å²) in [5.41, 5.74) is 0.543. The molecule has 17 heavy (non-hydrogen) atoms. The van der Waals surface area contributed by atoms with E-state index in [4.69, 9.17) is 5.11 Å². The first-order chi connectivity index (χ1) is 8.13. The first-order valence-electron chi connectivity index (χ1n) is 5.09. The van der Waals surface area contributed by atoms with Crippen molar-refractivity contribution in [1.29, 1.82) is 0 Å². The van der Waals surface area contributed by atoms with Gasteiger partial charge in [-0.1, -0.05) is 22.0 Å². The first-order valence-corrected chi connectivity index (χ1v) is 5.88. The summed E-state index contributed by atoms with van der Waals surface area (Å²) in [6.07, 6.45) is 0.426.